The van der Waals surface area contributed by atoms with Crippen molar-refractivity contribution in [3.05, 3.63) is 59.7 Å². The zero-order valence-corrected chi connectivity index (χ0v) is 23.3. The Morgan fingerprint density at radius 1 is 0.973 bits per heavy atom. The first-order valence-electron chi connectivity index (χ1n) is 13.3. The van der Waals surface area contributed by atoms with Crippen molar-refractivity contribution in [3.63, 3.8) is 0 Å². The lowest BCUT2D eigenvalue weighted by atomic mass is 10.1. The van der Waals surface area contributed by atoms with Gasteiger partial charge in [-0.1, -0.05) is 37.1 Å². The minimum absolute atomic E-state index is 0.298. The van der Waals surface area contributed by atoms with Gasteiger partial charge in [0, 0.05) is 38.9 Å². The molecule has 1 saturated heterocycles. The molecule has 1 N–H and O–H groups in total. The molecule has 1 aliphatic rings. The van der Waals surface area contributed by atoms with E-state index in [0.29, 0.717) is 26.2 Å². The topological polar surface area (TPSA) is 71.1 Å². The van der Waals surface area contributed by atoms with E-state index in [0.717, 1.165) is 25.2 Å². The van der Waals surface area contributed by atoms with Crippen molar-refractivity contribution in [1.29, 1.82) is 0 Å². The standard InChI is InChI=1S/C20H27NO.C10H18N2O3/c1-17-8-7-10-20(16-17)22-15-6-4-3-5-9-18-11-13-19(21-2)14-12-18;1-10(2,3)15-9(14)12-6-4-11(8-13)5-7-12/h7-8,10-14,16,21H,3-6,9,15H2,1-2H3;8H,4-7H2,1-3H3. The number of hydrogen-bond donors (Lipinski definition) is 1. The first-order valence-corrected chi connectivity index (χ1v) is 13.3. The molecule has 0 spiro atoms. The molecule has 0 aromatic heterocycles. The van der Waals surface area contributed by atoms with Crippen LogP contribution in [-0.2, 0) is 16.0 Å². The van der Waals surface area contributed by atoms with Crippen molar-refractivity contribution in [3.8, 4) is 5.75 Å². The number of aryl methyl sites for hydroxylation is 2. The third kappa shape index (κ3) is 12.5. The Morgan fingerprint density at radius 3 is 2.24 bits per heavy atom. The number of anilines is 1. The number of ether oxygens (including phenoxy) is 2. The van der Waals surface area contributed by atoms with Crippen molar-refractivity contribution in [1.82, 2.24) is 9.80 Å². The Bertz CT molecular complexity index is 933. The van der Waals surface area contributed by atoms with Gasteiger partial charge in [-0.05, 0) is 82.3 Å². The zero-order chi connectivity index (χ0) is 27.1. The molecule has 2 aromatic carbocycles. The number of carbonyl (C=O) groups is 2. The summed E-state index contributed by atoms with van der Waals surface area (Å²) in [7, 11) is 1.95. The Kier molecular flexibility index (Phi) is 12.8. The van der Waals surface area contributed by atoms with Gasteiger partial charge in [0.25, 0.3) is 0 Å². The van der Waals surface area contributed by atoms with Crippen LogP contribution in [0, 0.1) is 6.92 Å². The van der Waals surface area contributed by atoms with E-state index >= 15 is 0 Å². The maximum atomic E-state index is 11.6. The van der Waals surface area contributed by atoms with Gasteiger partial charge in [0.1, 0.15) is 11.4 Å². The number of hydrogen-bond acceptors (Lipinski definition) is 5. The van der Waals surface area contributed by atoms with Crippen molar-refractivity contribution in [2.75, 3.05) is 45.2 Å². The Labute approximate surface area is 223 Å². The maximum absolute atomic E-state index is 11.6. The van der Waals surface area contributed by atoms with Gasteiger partial charge in [-0.3, -0.25) is 4.79 Å². The summed E-state index contributed by atoms with van der Waals surface area (Å²) in [6, 6.07) is 17.0. The highest BCUT2D eigenvalue weighted by Crippen LogP contribution is 2.15. The summed E-state index contributed by atoms with van der Waals surface area (Å²) in [6.07, 6.45) is 6.57. The number of piperazine rings is 1. The molecule has 0 unspecified atom stereocenters. The van der Waals surface area contributed by atoms with Gasteiger partial charge in [0.2, 0.25) is 6.41 Å². The summed E-state index contributed by atoms with van der Waals surface area (Å²) in [5.74, 6) is 0.990. The van der Waals surface area contributed by atoms with Crippen molar-refractivity contribution < 1.29 is 19.1 Å². The predicted octanol–water partition coefficient (Wildman–Crippen LogP) is 5.91. The lowest BCUT2D eigenvalue weighted by Crippen LogP contribution is -2.49. The molecular formula is C30H45N3O4. The van der Waals surface area contributed by atoms with Gasteiger partial charge >= 0.3 is 6.09 Å². The minimum atomic E-state index is -0.459. The van der Waals surface area contributed by atoms with Crippen molar-refractivity contribution >= 4 is 18.2 Å². The number of benzene rings is 2. The molecule has 0 bridgehead atoms. The molecule has 2 aromatic rings. The van der Waals surface area contributed by atoms with E-state index in [1.807, 2.05) is 40.0 Å². The summed E-state index contributed by atoms with van der Waals surface area (Å²) in [4.78, 5) is 25.3. The van der Waals surface area contributed by atoms with E-state index in [4.69, 9.17) is 9.47 Å². The fraction of sp³-hybridized carbons (Fsp3) is 0.533. The summed E-state index contributed by atoms with van der Waals surface area (Å²) >= 11 is 0. The van der Waals surface area contributed by atoms with Crippen LogP contribution in [0.3, 0.4) is 0 Å². The molecular weight excluding hydrogens is 466 g/mol. The second-order valence-electron chi connectivity index (χ2n) is 10.4. The summed E-state index contributed by atoms with van der Waals surface area (Å²) in [5, 5.41) is 3.15. The molecule has 0 saturated carbocycles. The van der Waals surface area contributed by atoms with Crippen LogP contribution in [0.4, 0.5) is 10.5 Å². The summed E-state index contributed by atoms with van der Waals surface area (Å²) in [5.41, 5.74) is 3.40. The number of amides is 2. The molecule has 3 rings (SSSR count). The van der Waals surface area contributed by atoms with Crippen LogP contribution in [-0.4, -0.2) is 67.7 Å². The van der Waals surface area contributed by atoms with E-state index in [9.17, 15) is 9.59 Å². The van der Waals surface area contributed by atoms with E-state index in [1.165, 1.54) is 42.5 Å². The van der Waals surface area contributed by atoms with Gasteiger partial charge in [0.05, 0.1) is 6.61 Å². The zero-order valence-electron chi connectivity index (χ0n) is 23.3. The number of nitrogens with one attached hydrogen (secondary N) is 1. The van der Waals surface area contributed by atoms with Crippen molar-refractivity contribution in [2.24, 2.45) is 0 Å². The highest BCUT2D eigenvalue weighted by atomic mass is 16.6. The monoisotopic (exact) mass is 511 g/mol. The van der Waals surface area contributed by atoms with Gasteiger partial charge in [-0.25, -0.2) is 4.79 Å². The number of unbranched alkanes of at least 4 members (excludes halogenated alkanes) is 3. The molecule has 1 aliphatic heterocycles. The van der Waals surface area contributed by atoms with Crippen LogP contribution in [0.1, 0.15) is 57.6 Å². The second kappa shape index (κ2) is 15.8. The van der Waals surface area contributed by atoms with Crippen LogP contribution in [0.2, 0.25) is 0 Å². The average molecular weight is 512 g/mol. The van der Waals surface area contributed by atoms with Crippen LogP contribution in [0.15, 0.2) is 48.5 Å². The molecule has 7 heteroatoms. The third-order valence-electron chi connectivity index (χ3n) is 5.98. The molecule has 1 fully saturated rings. The van der Waals surface area contributed by atoms with Gasteiger partial charge < -0.3 is 24.6 Å². The Balaban J connectivity index is 0.000000281. The molecule has 2 amide bonds. The predicted molar refractivity (Wildman–Crippen MR) is 150 cm³/mol. The lowest BCUT2D eigenvalue weighted by Gasteiger charge is -2.33. The Hall–Kier alpha value is -3.22. The van der Waals surface area contributed by atoms with E-state index in [2.05, 4.69) is 48.6 Å². The summed E-state index contributed by atoms with van der Waals surface area (Å²) < 4.78 is 11.0. The van der Waals surface area contributed by atoms with E-state index in [1.54, 1.807) is 9.80 Å². The number of nitrogens with zero attached hydrogens (tertiary/aromatic N) is 2. The number of carbonyl (C=O) groups excluding carboxylic acids is 2. The molecule has 0 aliphatic carbocycles. The van der Waals surface area contributed by atoms with Gasteiger partial charge in [-0.2, -0.15) is 0 Å². The Morgan fingerprint density at radius 2 is 1.65 bits per heavy atom. The number of rotatable bonds is 10. The van der Waals surface area contributed by atoms with Crippen LogP contribution >= 0.6 is 0 Å². The van der Waals surface area contributed by atoms with E-state index < -0.39 is 5.60 Å². The van der Waals surface area contributed by atoms with Gasteiger partial charge in [-0.15, -0.1) is 0 Å². The maximum Gasteiger partial charge on any atom is 0.410 e. The van der Waals surface area contributed by atoms with Crippen LogP contribution in [0.25, 0.3) is 0 Å². The molecule has 0 atom stereocenters. The highest BCUT2D eigenvalue weighted by molar-refractivity contribution is 5.68. The molecule has 0 radical (unpaired) electrons. The molecule has 37 heavy (non-hydrogen) atoms. The largest absolute Gasteiger partial charge is 0.494 e. The second-order valence-corrected chi connectivity index (χ2v) is 10.4. The normalized spacial score (nSPS) is 13.3. The van der Waals surface area contributed by atoms with Crippen LogP contribution < -0.4 is 10.1 Å². The molecule has 7 nitrogen and oxygen atoms in total. The van der Waals surface area contributed by atoms with Crippen LogP contribution in [0.5, 0.6) is 5.75 Å². The highest BCUT2D eigenvalue weighted by Gasteiger charge is 2.25. The average Bonchev–Trinajstić information content (AvgIpc) is 2.88. The lowest BCUT2D eigenvalue weighted by molar-refractivity contribution is -0.119. The van der Waals surface area contributed by atoms with Gasteiger partial charge in [0.15, 0.2) is 0 Å². The third-order valence-corrected chi connectivity index (χ3v) is 5.98. The summed E-state index contributed by atoms with van der Waals surface area (Å²) in [6.45, 7) is 10.7. The first kappa shape index (κ1) is 30.0. The molecule has 1 heterocycles. The van der Waals surface area contributed by atoms with Crippen molar-refractivity contribution in [2.45, 2.75) is 65.4 Å². The minimum Gasteiger partial charge on any atom is -0.494 e. The molecule has 204 valence electrons. The fourth-order valence-electron chi connectivity index (χ4n) is 3.85. The van der Waals surface area contributed by atoms with E-state index in [-0.39, 0.29) is 6.09 Å². The quantitative estimate of drug-likeness (QED) is 0.317. The SMILES string of the molecule is CC(C)(C)OC(=O)N1CCN(C=O)CC1.CNc1ccc(CCCCCCOc2cccc(C)c2)cc1. The smallest absolute Gasteiger partial charge is 0.410 e. The fourth-order valence-corrected chi connectivity index (χ4v) is 3.85. The first-order chi connectivity index (χ1) is 17.7.